The maximum atomic E-state index is 12.9. The lowest BCUT2D eigenvalue weighted by Gasteiger charge is -2.09. The number of hydrogen-bond acceptors (Lipinski definition) is 3. The van der Waals surface area contributed by atoms with Gasteiger partial charge in [-0.15, -0.1) is 0 Å². The molecule has 0 aliphatic carbocycles. The van der Waals surface area contributed by atoms with Crippen LogP contribution in [-0.2, 0) is 6.18 Å². The Labute approximate surface area is 167 Å². The van der Waals surface area contributed by atoms with Gasteiger partial charge in [0.2, 0.25) is 0 Å². The molecular formula is C19H13ClF4N4O. The topological polar surface area (TPSA) is 59.3 Å². The van der Waals surface area contributed by atoms with Crippen LogP contribution in [0.4, 0.5) is 17.6 Å². The molecule has 1 N–H and O–H groups in total. The number of halogens is 5. The number of amides is 1. The minimum atomic E-state index is -4.50. The highest BCUT2D eigenvalue weighted by molar-refractivity contribution is 6.32. The second-order valence-electron chi connectivity index (χ2n) is 5.96. The Balaban J connectivity index is 1.82. The normalized spacial score (nSPS) is 11.8. The highest BCUT2D eigenvalue weighted by Crippen LogP contribution is 2.31. The first-order valence-corrected chi connectivity index (χ1v) is 8.56. The number of nitrogens with one attached hydrogen (secondary N) is 1. The van der Waals surface area contributed by atoms with Crippen LogP contribution in [0.25, 0.3) is 5.69 Å². The summed E-state index contributed by atoms with van der Waals surface area (Å²) in [5.41, 5.74) is 2.48. The van der Waals surface area contributed by atoms with Crippen molar-refractivity contribution in [3.63, 3.8) is 0 Å². The van der Waals surface area contributed by atoms with Gasteiger partial charge in [-0.05, 0) is 49.4 Å². The number of carbonyl (C=O) groups is 1. The second-order valence-corrected chi connectivity index (χ2v) is 6.31. The van der Waals surface area contributed by atoms with Gasteiger partial charge in [-0.25, -0.2) is 14.5 Å². The van der Waals surface area contributed by atoms with Crippen LogP contribution in [0.15, 0.2) is 53.6 Å². The molecule has 3 aromatic rings. The number of benzene rings is 2. The predicted molar refractivity (Wildman–Crippen MR) is 99.8 cm³/mol. The number of nitrogens with zero attached hydrogens (tertiary/aromatic N) is 3. The van der Waals surface area contributed by atoms with Crippen molar-refractivity contribution >= 4 is 23.7 Å². The molecule has 5 nitrogen and oxygen atoms in total. The van der Waals surface area contributed by atoms with Gasteiger partial charge in [0.05, 0.1) is 28.7 Å². The largest absolute Gasteiger partial charge is 0.416 e. The van der Waals surface area contributed by atoms with Gasteiger partial charge >= 0.3 is 6.18 Å². The molecular weight excluding hydrogens is 412 g/mol. The first-order chi connectivity index (χ1) is 13.7. The van der Waals surface area contributed by atoms with E-state index in [-0.39, 0.29) is 16.4 Å². The molecule has 0 fully saturated rings. The molecule has 150 valence electrons. The van der Waals surface area contributed by atoms with Crippen LogP contribution in [0.5, 0.6) is 0 Å². The van der Waals surface area contributed by atoms with E-state index in [4.69, 9.17) is 11.6 Å². The van der Waals surface area contributed by atoms with E-state index in [0.29, 0.717) is 11.3 Å². The van der Waals surface area contributed by atoms with E-state index in [2.05, 4.69) is 15.6 Å². The number of alkyl halides is 3. The van der Waals surface area contributed by atoms with Crippen LogP contribution in [0.3, 0.4) is 0 Å². The van der Waals surface area contributed by atoms with Crippen molar-refractivity contribution in [2.45, 2.75) is 13.1 Å². The molecule has 29 heavy (non-hydrogen) atoms. The predicted octanol–water partition coefficient (Wildman–Crippen LogP) is 4.76. The zero-order valence-corrected chi connectivity index (χ0v) is 15.6. The van der Waals surface area contributed by atoms with Crippen LogP contribution >= 0.6 is 11.6 Å². The molecule has 1 aromatic heterocycles. The van der Waals surface area contributed by atoms with E-state index in [1.54, 1.807) is 6.92 Å². The Morgan fingerprint density at radius 3 is 2.55 bits per heavy atom. The van der Waals surface area contributed by atoms with Crippen molar-refractivity contribution in [2.75, 3.05) is 0 Å². The summed E-state index contributed by atoms with van der Waals surface area (Å²) < 4.78 is 52.8. The number of hydrazone groups is 1. The Hall–Kier alpha value is -3.20. The fraction of sp³-hybridized carbons (Fsp3) is 0.105. The zero-order chi connectivity index (χ0) is 21.2. The molecule has 0 atom stereocenters. The summed E-state index contributed by atoms with van der Waals surface area (Å²) in [7, 11) is 0. The molecule has 0 saturated heterocycles. The third-order valence-electron chi connectivity index (χ3n) is 3.93. The quantitative estimate of drug-likeness (QED) is 0.373. The third-order valence-corrected chi connectivity index (χ3v) is 4.30. The van der Waals surface area contributed by atoms with Gasteiger partial charge in [-0.2, -0.15) is 23.4 Å². The number of rotatable bonds is 4. The Morgan fingerprint density at radius 1 is 1.21 bits per heavy atom. The highest BCUT2D eigenvalue weighted by Gasteiger charge is 2.30. The monoisotopic (exact) mass is 424 g/mol. The Kier molecular flexibility index (Phi) is 5.69. The average Bonchev–Trinajstić information content (AvgIpc) is 2.96. The van der Waals surface area contributed by atoms with Gasteiger partial charge in [0.15, 0.2) is 0 Å². The summed E-state index contributed by atoms with van der Waals surface area (Å²) in [6, 6.07) is 9.43. The standard InChI is InChI=1S/C19H13ClF4N4O/c1-11-16(10-25-26-18(29)12-5-7-14(21)8-6-12)17(20)28(27-11)15-4-2-3-13(9-15)19(22,23)24/h2-10H,1H3,(H,26,29)/b25-10+. The fourth-order valence-electron chi connectivity index (χ4n) is 2.46. The molecule has 0 spiro atoms. The molecule has 0 bridgehead atoms. The van der Waals surface area contributed by atoms with Crippen molar-refractivity contribution in [1.29, 1.82) is 0 Å². The van der Waals surface area contributed by atoms with Crippen molar-refractivity contribution in [3.8, 4) is 5.69 Å². The molecule has 2 aromatic carbocycles. The molecule has 0 aliphatic rings. The zero-order valence-electron chi connectivity index (χ0n) is 14.8. The van der Waals surface area contributed by atoms with E-state index < -0.39 is 23.5 Å². The number of carbonyl (C=O) groups excluding carboxylic acids is 1. The molecule has 0 unspecified atom stereocenters. The van der Waals surface area contributed by atoms with Crippen molar-refractivity contribution < 1.29 is 22.4 Å². The molecule has 1 amide bonds. The maximum Gasteiger partial charge on any atom is 0.416 e. The fourth-order valence-corrected chi connectivity index (χ4v) is 2.79. The van der Waals surface area contributed by atoms with Gasteiger partial charge in [0.25, 0.3) is 5.91 Å². The van der Waals surface area contributed by atoms with Gasteiger partial charge in [-0.1, -0.05) is 17.7 Å². The van der Waals surface area contributed by atoms with Crippen LogP contribution in [0.1, 0.15) is 27.2 Å². The number of aromatic nitrogens is 2. The lowest BCUT2D eigenvalue weighted by atomic mass is 10.2. The van der Waals surface area contributed by atoms with Crippen LogP contribution in [0, 0.1) is 12.7 Å². The first kappa shape index (κ1) is 20.5. The van der Waals surface area contributed by atoms with Gasteiger partial charge in [0, 0.05) is 5.56 Å². The second kappa shape index (κ2) is 8.04. The van der Waals surface area contributed by atoms with Gasteiger partial charge in [-0.3, -0.25) is 4.79 Å². The maximum absolute atomic E-state index is 12.9. The van der Waals surface area contributed by atoms with Crippen molar-refractivity contribution in [2.24, 2.45) is 5.10 Å². The lowest BCUT2D eigenvalue weighted by molar-refractivity contribution is -0.137. The van der Waals surface area contributed by atoms with Gasteiger partial charge < -0.3 is 0 Å². The lowest BCUT2D eigenvalue weighted by Crippen LogP contribution is -2.17. The summed E-state index contributed by atoms with van der Waals surface area (Å²) in [6.07, 6.45) is -3.27. The molecule has 1 heterocycles. The highest BCUT2D eigenvalue weighted by atomic mass is 35.5. The van der Waals surface area contributed by atoms with Crippen molar-refractivity contribution in [3.05, 3.63) is 81.9 Å². The summed E-state index contributed by atoms with van der Waals surface area (Å²) >= 11 is 6.25. The minimum Gasteiger partial charge on any atom is -0.267 e. The number of hydrogen-bond donors (Lipinski definition) is 1. The average molecular weight is 425 g/mol. The summed E-state index contributed by atoms with van der Waals surface area (Å²) in [5.74, 6) is -1.05. The van der Waals surface area contributed by atoms with Crippen molar-refractivity contribution in [1.82, 2.24) is 15.2 Å². The molecule has 0 radical (unpaired) electrons. The first-order valence-electron chi connectivity index (χ1n) is 8.18. The molecule has 0 saturated carbocycles. The molecule has 10 heteroatoms. The van der Waals surface area contributed by atoms with Crippen LogP contribution in [-0.4, -0.2) is 21.9 Å². The minimum absolute atomic E-state index is 0.0293. The van der Waals surface area contributed by atoms with E-state index in [1.165, 1.54) is 30.5 Å². The van der Waals surface area contributed by atoms with Crippen LogP contribution in [0.2, 0.25) is 5.15 Å². The van der Waals surface area contributed by atoms with E-state index >= 15 is 0 Å². The Bertz CT molecular complexity index is 1070. The SMILES string of the molecule is Cc1nn(-c2cccc(C(F)(F)F)c2)c(Cl)c1/C=N/NC(=O)c1ccc(F)cc1. The van der Waals surface area contributed by atoms with E-state index in [9.17, 15) is 22.4 Å². The number of aryl methyl sites for hydroxylation is 1. The summed E-state index contributed by atoms with van der Waals surface area (Å²) in [6.45, 7) is 1.60. The Morgan fingerprint density at radius 2 is 1.90 bits per heavy atom. The van der Waals surface area contributed by atoms with Gasteiger partial charge in [0.1, 0.15) is 11.0 Å². The van der Waals surface area contributed by atoms with E-state index in [1.807, 2.05) is 0 Å². The van der Waals surface area contributed by atoms with E-state index in [0.717, 1.165) is 28.9 Å². The van der Waals surface area contributed by atoms with Crippen LogP contribution < -0.4 is 5.43 Å². The molecule has 0 aliphatic heterocycles. The summed E-state index contributed by atoms with van der Waals surface area (Å²) in [4.78, 5) is 12.0. The molecule has 3 rings (SSSR count). The smallest absolute Gasteiger partial charge is 0.267 e. The summed E-state index contributed by atoms with van der Waals surface area (Å²) in [5, 5.41) is 7.96. The third kappa shape index (κ3) is 4.62.